The monoisotopic (exact) mass is 467 g/mol. The molecule has 5 heteroatoms. The number of rotatable bonds is 5. The van der Waals surface area contributed by atoms with Gasteiger partial charge in [-0.25, -0.2) is 9.97 Å². The molecule has 0 radical (unpaired) electrons. The Morgan fingerprint density at radius 3 is 2.46 bits per heavy atom. The summed E-state index contributed by atoms with van der Waals surface area (Å²) in [5.74, 6) is 0.999. The maximum absolute atomic E-state index is 12.9. The highest BCUT2D eigenvalue weighted by Gasteiger charge is 2.35. The quantitative estimate of drug-likeness (QED) is 0.304. The second kappa shape index (κ2) is 9.65. The van der Waals surface area contributed by atoms with Crippen LogP contribution < -0.4 is 0 Å². The first-order valence-electron chi connectivity index (χ1n) is 12.6. The van der Waals surface area contributed by atoms with Gasteiger partial charge in [0.2, 0.25) is 0 Å². The minimum Gasteiger partial charge on any atom is -0.460 e. The van der Waals surface area contributed by atoms with Gasteiger partial charge in [0.1, 0.15) is 16.9 Å². The Hall–Kier alpha value is -3.47. The van der Waals surface area contributed by atoms with E-state index in [9.17, 15) is 4.79 Å². The summed E-state index contributed by atoms with van der Waals surface area (Å²) in [5.41, 5.74) is 4.80. The molecule has 4 aromatic rings. The van der Waals surface area contributed by atoms with Crippen LogP contribution in [-0.2, 0) is 16.1 Å². The summed E-state index contributed by atoms with van der Waals surface area (Å²) in [6, 6.07) is 22.9. The van der Waals surface area contributed by atoms with Crippen molar-refractivity contribution in [3.63, 3.8) is 0 Å². The van der Waals surface area contributed by atoms with E-state index >= 15 is 0 Å². The van der Waals surface area contributed by atoms with Gasteiger partial charge in [0.05, 0.1) is 12.5 Å². The van der Waals surface area contributed by atoms with Crippen LogP contribution in [0.1, 0.15) is 63.5 Å². The molecule has 1 saturated carbocycles. The summed E-state index contributed by atoms with van der Waals surface area (Å²) in [6.07, 6.45) is 5.98. The third-order valence-corrected chi connectivity index (χ3v) is 6.76. The van der Waals surface area contributed by atoms with Crippen molar-refractivity contribution in [2.45, 2.75) is 64.5 Å². The fraction of sp³-hybridized carbons (Fsp3) is 0.367. The van der Waals surface area contributed by atoms with Gasteiger partial charge in [0, 0.05) is 11.8 Å². The summed E-state index contributed by atoms with van der Waals surface area (Å²) in [4.78, 5) is 22.4. The predicted octanol–water partition coefficient (Wildman–Crippen LogP) is 6.76. The molecule has 0 N–H and O–H groups in total. The third-order valence-electron chi connectivity index (χ3n) is 6.76. The molecule has 5 rings (SSSR count). The number of imidazole rings is 1. The van der Waals surface area contributed by atoms with E-state index < -0.39 is 5.60 Å². The van der Waals surface area contributed by atoms with E-state index in [4.69, 9.17) is 9.72 Å². The number of nitrogens with zero attached hydrogens (tertiary/aromatic N) is 3. The molecule has 0 bridgehead atoms. The van der Waals surface area contributed by atoms with Gasteiger partial charge in [-0.3, -0.25) is 4.79 Å². The van der Waals surface area contributed by atoms with Crippen LogP contribution in [0, 0.1) is 5.92 Å². The molecule has 0 amide bonds. The molecule has 2 aromatic heterocycles. The lowest BCUT2D eigenvalue weighted by Gasteiger charge is -2.32. The highest BCUT2D eigenvalue weighted by molar-refractivity contribution is 5.77. The summed E-state index contributed by atoms with van der Waals surface area (Å²) in [5, 5.41) is 0. The van der Waals surface area contributed by atoms with E-state index in [1.165, 1.54) is 11.1 Å². The number of hydrogen-bond acceptors (Lipinski definition) is 4. The van der Waals surface area contributed by atoms with E-state index in [-0.39, 0.29) is 17.8 Å². The normalized spacial score (nSPS) is 18.5. The van der Waals surface area contributed by atoms with Crippen molar-refractivity contribution in [3.05, 3.63) is 84.1 Å². The zero-order valence-corrected chi connectivity index (χ0v) is 20.8. The van der Waals surface area contributed by atoms with Crippen LogP contribution in [-0.4, -0.2) is 26.1 Å². The van der Waals surface area contributed by atoms with Crippen molar-refractivity contribution < 1.29 is 9.53 Å². The zero-order chi connectivity index (χ0) is 24.4. The highest BCUT2D eigenvalue weighted by Crippen LogP contribution is 2.39. The highest BCUT2D eigenvalue weighted by atomic mass is 16.6. The topological polar surface area (TPSA) is 57.0 Å². The molecule has 1 fully saturated rings. The number of benzene rings is 2. The van der Waals surface area contributed by atoms with Crippen LogP contribution in [0.2, 0.25) is 0 Å². The molecule has 1 aliphatic carbocycles. The molecule has 1 aliphatic rings. The lowest BCUT2D eigenvalue weighted by Crippen LogP contribution is -2.33. The summed E-state index contributed by atoms with van der Waals surface area (Å²) < 4.78 is 7.95. The lowest BCUT2D eigenvalue weighted by atomic mass is 9.75. The van der Waals surface area contributed by atoms with E-state index in [0.717, 1.165) is 48.2 Å². The van der Waals surface area contributed by atoms with Gasteiger partial charge < -0.3 is 9.30 Å². The van der Waals surface area contributed by atoms with Crippen molar-refractivity contribution in [2.75, 3.05) is 0 Å². The fourth-order valence-corrected chi connectivity index (χ4v) is 5.16. The molecule has 35 heavy (non-hydrogen) atoms. The van der Waals surface area contributed by atoms with E-state index in [0.29, 0.717) is 6.54 Å². The standard InChI is InChI=1S/C30H33N3O2/c1-30(2,3)35-29(34)25-13-8-7-12-24(25)22-17-15-21(16-18-22)20-33-27(23-10-5-4-6-11-23)32-26-14-9-19-31-28(26)33/h4-6,9-11,14-19,24-25H,7-8,12-13,20H2,1-3H3. The predicted molar refractivity (Wildman–Crippen MR) is 139 cm³/mol. The van der Waals surface area contributed by atoms with Crippen molar-refractivity contribution in [3.8, 4) is 11.4 Å². The first-order valence-corrected chi connectivity index (χ1v) is 12.6. The number of pyridine rings is 1. The number of carbonyl (C=O) groups is 1. The molecular formula is C30H33N3O2. The van der Waals surface area contributed by atoms with Gasteiger partial charge in [0.25, 0.3) is 0 Å². The van der Waals surface area contributed by atoms with Crippen LogP contribution in [0.3, 0.4) is 0 Å². The average molecular weight is 468 g/mol. The van der Waals surface area contributed by atoms with Crippen molar-refractivity contribution in [1.82, 2.24) is 14.5 Å². The molecule has 0 spiro atoms. The van der Waals surface area contributed by atoms with Crippen molar-refractivity contribution in [2.24, 2.45) is 5.92 Å². The lowest BCUT2D eigenvalue weighted by molar-refractivity contribution is -0.161. The second-order valence-corrected chi connectivity index (χ2v) is 10.5. The SMILES string of the molecule is CC(C)(C)OC(=O)C1CCCCC1c1ccc(Cn2c(-c3ccccc3)nc3cccnc32)cc1. The van der Waals surface area contributed by atoms with Crippen molar-refractivity contribution in [1.29, 1.82) is 0 Å². The molecule has 0 saturated heterocycles. The van der Waals surface area contributed by atoms with Gasteiger partial charge in [-0.05, 0) is 62.8 Å². The van der Waals surface area contributed by atoms with Gasteiger partial charge in [-0.15, -0.1) is 0 Å². The van der Waals surface area contributed by atoms with Gasteiger partial charge in [0.15, 0.2) is 5.65 Å². The maximum atomic E-state index is 12.9. The Labute approximate surface area is 207 Å². The minimum absolute atomic E-state index is 0.0604. The molecule has 5 nitrogen and oxygen atoms in total. The van der Waals surface area contributed by atoms with Gasteiger partial charge in [-0.1, -0.05) is 67.4 Å². The number of carbonyl (C=O) groups excluding carboxylic acids is 1. The van der Waals surface area contributed by atoms with Gasteiger partial charge in [-0.2, -0.15) is 0 Å². The Balaban J connectivity index is 1.42. The van der Waals surface area contributed by atoms with E-state index in [2.05, 4.69) is 45.9 Å². The first kappa shape index (κ1) is 23.3. The second-order valence-electron chi connectivity index (χ2n) is 10.5. The van der Waals surface area contributed by atoms with Crippen LogP contribution in [0.5, 0.6) is 0 Å². The van der Waals surface area contributed by atoms with E-state index in [1.807, 2.05) is 57.3 Å². The largest absolute Gasteiger partial charge is 0.460 e. The van der Waals surface area contributed by atoms with Crippen molar-refractivity contribution >= 4 is 17.1 Å². The van der Waals surface area contributed by atoms with Crippen LogP contribution in [0.25, 0.3) is 22.6 Å². The van der Waals surface area contributed by atoms with Crippen LogP contribution in [0.15, 0.2) is 72.9 Å². The zero-order valence-electron chi connectivity index (χ0n) is 20.8. The number of fused-ring (bicyclic) bond motifs is 1. The Kier molecular flexibility index (Phi) is 6.42. The minimum atomic E-state index is -0.457. The Morgan fingerprint density at radius 2 is 1.71 bits per heavy atom. The molecule has 2 aromatic carbocycles. The van der Waals surface area contributed by atoms with E-state index in [1.54, 1.807) is 0 Å². The Bertz CT molecular complexity index is 1300. The number of ether oxygens (including phenoxy) is 1. The maximum Gasteiger partial charge on any atom is 0.310 e. The third kappa shape index (κ3) is 5.14. The molecule has 180 valence electrons. The summed E-state index contributed by atoms with van der Waals surface area (Å²) >= 11 is 0. The molecule has 2 heterocycles. The average Bonchev–Trinajstić information content (AvgIpc) is 3.22. The molecule has 2 unspecified atom stereocenters. The number of esters is 1. The van der Waals surface area contributed by atoms with Gasteiger partial charge >= 0.3 is 5.97 Å². The first-order chi connectivity index (χ1) is 16.9. The number of aromatic nitrogens is 3. The molecule has 0 aliphatic heterocycles. The van der Waals surface area contributed by atoms with Crippen LogP contribution in [0.4, 0.5) is 0 Å². The number of hydrogen-bond donors (Lipinski definition) is 0. The Morgan fingerprint density at radius 1 is 0.971 bits per heavy atom. The summed E-state index contributed by atoms with van der Waals surface area (Å²) in [6.45, 7) is 6.50. The fourth-order valence-electron chi connectivity index (χ4n) is 5.16. The smallest absolute Gasteiger partial charge is 0.310 e. The molecule has 2 atom stereocenters. The molecular weight excluding hydrogens is 434 g/mol. The summed E-state index contributed by atoms with van der Waals surface area (Å²) in [7, 11) is 0. The van der Waals surface area contributed by atoms with Crippen LogP contribution >= 0.6 is 0 Å².